The molecule has 0 radical (unpaired) electrons. The van der Waals surface area contributed by atoms with E-state index in [1.165, 1.54) is 0 Å². The lowest BCUT2D eigenvalue weighted by Gasteiger charge is -2.19. The fourth-order valence-electron chi connectivity index (χ4n) is 1.88. The van der Waals surface area contributed by atoms with Crippen molar-refractivity contribution in [3.05, 3.63) is 16.9 Å². The maximum atomic E-state index is 6.06. The monoisotopic (exact) mass is 309 g/mol. The SMILES string of the molecule is CCNc1nc(N(CC)CC)nc(-n2cc(Cl)c(C)n2)n1. The molecular formula is C13H20ClN7. The van der Waals surface area contributed by atoms with E-state index >= 15 is 0 Å². The molecule has 0 aliphatic heterocycles. The van der Waals surface area contributed by atoms with Crippen LogP contribution in [0.1, 0.15) is 26.5 Å². The number of hydrogen-bond donors (Lipinski definition) is 1. The number of aryl methyl sites for hydroxylation is 1. The van der Waals surface area contributed by atoms with Crippen molar-refractivity contribution in [2.45, 2.75) is 27.7 Å². The van der Waals surface area contributed by atoms with E-state index < -0.39 is 0 Å². The first kappa shape index (κ1) is 15.5. The van der Waals surface area contributed by atoms with Crippen LogP contribution in [-0.4, -0.2) is 44.4 Å². The summed E-state index contributed by atoms with van der Waals surface area (Å²) in [6.45, 7) is 10.4. The number of rotatable bonds is 6. The zero-order valence-corrected chi connectivity index (χ0v) is 13.5. The molecule has 0 aromatic carbocycles. The Kier molecular flexibility index (Phi) is 4.95. The summed E-state index contributed by atoms with van der Waals surface area (Å²) in [6.07, 6.45) is 1.70. The summed E-state index contributed by atoms with van der Waals surface area (Å²) in [7, 11) is 0. The molecule has 0 saturated heterocycles. The third kappa shape index (κ3) is 3.41. The Morgan fingerprint density at radius 1 is 1.19 bits per heavy atom. The highest BCUT2D eigenvalue weighted by atomic mass is 35.5. The zero-order valence-electron chi connectivity index (χ0n) is 12.8. The zero-order chi connectivity index (χ0) is 15.4. The second-order valence-electron chi connectivity index (χ2n) is 4.47. The lowest BCUT2D eigenvalue weighted by Crippen LogP contribution is -2.25. The Morgan fingerprint density at radius 2 is 1.90 bits per heavy atom. The molecule has 0 saturated carbocycles. The van der Waals surface area contributed by atoms with Gasteiger partial charge < -0.3 is 10.2 Å². The number of halogens is 1. The maximum absolute atomic E-state index is 6.06. The van der Waals surface area contributed by atoms with Gasteiger partial charge in [0.2, 0.25) is 11.9 Å². The van der Waals surface area contributed by atoms with Crippen molar-refractivity contribution >= 4 is 23.5 Å². The molecule has 8 heteroatoms. The van der Waals surface area contributed by atoms with E-state index in [0.717, 1.165) is 25.3 Å². The van der Waals surface area contributed by atoms with Gasteiger partial charge in [-0.2, -0.15) is 20.1 Å². The molecule has 0 aliphatic carbocycles. The van der Waals surface area contributed by atoms with Gasteiger partial charge in [0, 0.05) is 19.6 Å². The molecule has 0 fully saturated rings. The number of nitrogens with one attached hydrogen (secondary N) is 1. The van der Waals surface area contributed by atoms with Gasteiger partial charge in [-0.15, -0.1) is 0 Å². The smallest absolute Gasteiger partial charge is 0.257 e. The van der Waals surface area contributed by atoms with E-state index in [1.807, 2.05) is 13.8 Å². The van der Waals surface area contributed by atoms with Gasteiger partial charge in [-0.3, -0.25) is 0 Å². The van der Waals surface area contributed by atoms with Crippen LogP contribution in [0.2, 0.25) is 5.02 Å². The van der Waals surface area contributed by atoms with E-state index in [9.17, 15) is 0 Å². The number of hydrogen-bond acceptors (Lipinski definition) is 6. The second kappa shape index (κ2) is 6.71. The van der Waals surface area contributed by atoms with Crippen LogP contribution in [0.3, 0.4) is 0 Å². The number of anilines is 2. The molecule has 1 N–H and O–H groups in total. The lowest BCUT2D eigenvalue weighted by atomic mass is 10.5. The second-order valence-corrected chi connectivity index (χ2v) is 4.88. The summed E-state index contributed by atoms with van der Waals surface area (Å²) < 4.78 is 1.58. The van der Waals surface area contributed by atoms with Crippen LogP contribution in [-0.2, 0) is 0 Å². The van der Waals surface area contributed by atoms with Crippen molar-refractivity contribution in [3.8, 4) is 5.95 Å². The highest BCUT2D eigenvalue weighted by molar-refractivity contribution is 6.31. The molecular weight excluding hydrogens is 290 g/mol. The molecule has 7 nitrogen and oxygen atoms in total. The Bertz CT molecular complexity index is 587. The van der Waals surface area contributed by atoms with Crippen molar-refractivity contribution in [2.75, 3.05) is 29.9 Å². The van der Waals surface area contributed by atoms with E-state index in [1.54, 1.807) is 10.9 Å². The van der Waals surface area contributed by atoms with Gasteiger partial charge in [-0.25, -0.2) is 4.68 Å². The maximum Gasteiger partial charge on any atom is 0.257 e. The van der Waals surface area contributed by atoms with Gasteiger partial charge in [0.25, 0.3) is 5.95 Å². The van der Waals surface area contributed by atoms with Gasteiger partial charge in [-0.05, 0) is 27.7 Å². The van der Waals surface area contributed by atoms with Crippen LogP contribution in [0.15, 0.2) is 6.20 Å². The van der Waals surface area contributed by atoms with Gasteiger partial charge in [0.15, 0.2) is 0 Å². The molecule has 0 amide bonds. The van der Waals surface area contributed by atoms with Crippen molar-refractivity contribution < 1.29 is 0 Å². The quantitative estimate of drug-likeness (QED) is 0.883. The molecule has 2 aromatic heterocycles. The van der Waals surface area contributed by atoms with Crippen LogP contribution in [0.4, 0.5) is 11.9 Å². The van der Waals surface area contributed by atoms with E-state index in [0.29, 0.717) is 22.9 Å². The van der Waals surface area contributed by atoms with Crippen molar-refractivity contribution in [1.29, 1.82) is 0 Å². The molecule has 21 heavy (non-hydrogen) atoms. The summed E-state index contributed by atoms with van der Waals surface area (Å²) in [5, 5.41) is 8.03. The number of aromatic nitrogens is 5. The van der Waals surface area contributed by atoms with E-state index in [4.69, 9.17) is 11.6 Å². The predicted octanol–water partition coefficient (Wildman–Crippen LogP) is 2.30. The van der Waals surface area contributed by atoms with Crippen molar-refractivity contribution in [2.24, 2.45) is 0 Å². The summed E-state index contributed by atoms with van der Waals surface area (Å²) >= 11 is 6.06. The largest absolute Gasteiger partial charge is 0.354 e. The highest BCUT2D eigenvalue weighted by Crippen LogP contribution is 2.17. The van der Waals surface area contributed by atoms with Gasteiger partial charge in [-0.1, -0.05) is 11.6 Å². The van der Waals surface area contributed by atoms with Gasteiger partial charge >= 0.3 is 0 Å². The standard InChI is InChI=1S/C13H20ClN7/c1-5-15-11-16-12(20(6-2)7-3)18-13(17-11)21-8-10(14)9(4)19-21/h8H,5-7H2,1-4H3,(H,15,16,17,18). The molecule has 2 rings (SSSR count). The summed E-state index contributed by atoms with van der Waals surface area (Å²) in [4.78, 5) is 15.4. The minimum atomic E-state index is 0.456. The summed E-state index contributed by atoms with van der Waals surface area (Å²) in [6, 6.07) is 0. The molecule has 0 atom stereocenters. The highest BCUT2D eigenvalue weighted by Gasteiger charge is 2.13. The van der Waals surface area contributed by atoms with Gasteiger partial charge in [0.1, 0.15) is 0 Å². The fourth-order valence-corrected chi connectivity index (χ4v) is 2.01. The number of nitrogens with zero attached hydrogens (tertiary/aromatic N) is 6. The Labute approximate surface area is 129 Å². The van der Waals surface area contributed by atoms with Crippen LogP contribution in [0, 0.1) is 6.92 Å². The topological polar surface area (TPSA) is 71.8 Å². The Balaban J connectivity index is 2.48. The van der Waals surface area contributed by atoms with Gasteiger partial charge in [0.05, 0.1) is 16.9 Å². The minimum Gasteiger partial charge on any atom is -0.354 e. The molecule has 114 valence electrons. The molecule has 0 bridgehead atoms. The van der Waals surface area contributed by atoms with Crippen molar-refractivity contribution in [3.63, 3.8) is 0 Å². The van der Waals surface area contributed by atoms with E-state index in [2.05, 4.69) is 44.1 Å². The lowest BCUT2D eigenvalue weighted by molar-refractivity contribution is 0.756. The van der Waals surface area contributed by atoms with E-state index in [-0.39, 0.29) is 0 Å². The third-order valence-electron chi connectivity index (χ3n) is 3.04. The summed E-state index contributed by atoms with van der Waals surface area (Å²) in [5.74, 6) is 1.62. The molecule has 0 aliphatic rings. The minimum absolute atomic E-state index is 0.456. The molecule has 0 unspecified atom stereocenters. The normalized spacial score (nSPS) is 10.7. The average molecular weight is 310 g/mol. The molecule has 0 spiro atoms. The van der Waals surface area contributed by atoms with Crippen LogP contribution < -0.4 is 10.2 Å². The Hall–Kier alpha value is -1.89. The Morgan fingerprint density at radius 3 is 2.43 bits per heavy atom. The first-order chi connectivity index (χ1) is 10.1. The first-order valence-electron chi connectivity index (χ1n) is 7.06. The van der Waals surface area contributed by atoms with Crippen LogP contribution >= 0.6 is 11.6 Å². The third-order valence-corrected chi connectivity index (χ3v) is 3.41. The fraction of sp³-hybridized carbons (Fsp3) is 0.538. The molecule has 2 heterocycles. The average Bonchev–Trinajstić information content (AvgIpc) is 2.80. The summed E-state index contributed by atoms with van der Waals surface area (Å²) in [5.41, 5.74) is 0.742. The first-order valence-corrected chi connectivity index (χ1v) is 7.43. The van der Waals surface area contributed by atoms with Crippen LogP contribution in [0.5, 0.6) is 0 Å². The predicted molar refractivity (Wildman–Crippen MR) is 84.4 cm³/mol. The van der Waals surface area contributed by atoms with Crippen molar-refractivity contribution in [1.82, 2.24) is 24.7 Å². The van der Waals surface area contributed by atoms with Crippen LogP contribution in [0.25, 0.3) is 5.95 Å². The molecule has 2 aromatic rings.